The molecule has 1 N–H and O–H groups in total. The number of nitrogens with zero attached hydrogens (tertiary/aromatic N) is 3. The summed E-state index contributed by atoms with van der Waals surface area (Å²) in [4.78, 5) is 2.71. The van der Waals surface area contributed by atoms with E-state index in [4.69, 9.17) is 0 Å². The third kappa shape index (κ3) is 4.66. The zero-order valence-electron chi connectivity index (χ0n) is 16.3. The Morgan fingerprint density at radius 2 is 1.90 bits per heavy atom. The second kappa shape index (κ2) is 8.61. The lowest BCUT2D eigenvalue weighted by molar-refractivity contribution is 0.335. The van der Waals surface area contributed by atoms with Crippen molar-refractivity contribution in [2.45, 2.75) is 30.6 Å². The van der Waals surface area contributed by atoms with Gasteiger partial charge in [-0.3, -0.25) is 4.72 Å². The molecule has 1 aliphatic heterocycles. The van der Waals surface area contributed by atoms with E-state index in [1.165, 1.54) is 23.5 Å². The van der Waals surface area contributed by atoms with Crippen LogP contribution < -0.4 is 4.72 Å². The average Bonchev–Trinajstić information content (AvgIpc) is 3.41. The number of nitrogens with one attached hydrogen (secondary N) is 1. The molecule has 0 saturated carbocycles. The fraction of sp³-hybridized carbons (Fsp3) is 0.333. The first kappa shape index (κ1) is 20.0. The quantitative estimate of drug-likeness (QED) is 0.610. The molecule has 0 spiro atoms. The third-order valence-electron chi connectivity index (χ3n) is 5.27. The predicted molar refractivity (Wildman–Crippen MR) is 117 cm³/mol. The first-order valence-corrected chi connectivity index (χ1v) is 12.1. The molecule has 0 bridgehead atoms. The number of aromatic nitrogens is 2. The summed E-state index contributed by atoms with van der Waals surface area (Å²) in [5, 5.41) is 5.83. The highest BCUT2D eigenvalue weighted by Crippen LogP contribution is 2.29. The molecular formula is C21H24N4O2S2. The van der Waals surface area contributed by atoms with Crippen molar-refractivity contribution in [2.24, 2.45) is 0 Å². The third-order valence-corrected chi connectivity index (χ3v) is 7.17. The van der Waals surface area contributed by atoms with E-state index < -0.39 is 10.0 Å². The van der Waals surface area contributed by atoms with Crippen LogP contribution in [0.4, 0.5) is 5.69 Å². The summed E-state index contributed by atoms with van der Waals surface area (Å²) in [6, 6.07) is 14.5. The zero-order valence-corrected chi connectivity index (χ0v) is 17.9. The number of rotatable bonds is 7. The number of likely N-dealkylation sites (tertiary alicyclic amines) is 1. The largest absolute Gasteiger partial charge is 0.303 e. The minimum Gasteiger partial charge on any atom is -0.303 e. The SMILES string of the molecule is CCCN1CCC(c2ccc(NS(=O)(=O)c3ccc(-c4csnn4)cc3)cc2)C1. The van der Waals surface area contributed by atoms with E-state index in [-0.39, 0.29) is 4.90 Å². The highest BCUT2D eigenvalue weighted by Gasteiger charge is 2.23. The maximum atomic E-state index is 12.7. The van der Waals surface area contributed by atoms with Crippen LogP contribution in [0.15, 0.2) is 58.8 Å². The second-order valence-corrected chi connectivity index (χ2v) is 9.62. The van der Waals surface area contributed by atoms with Gasteiger partial charge in [0.05, 0.1) is 4.90 Å². The summed E-state index contributed by atoms with van der Waals surface area (Å²) in [5.41, 5.74) is 3.43. The summed E-state index contributed by atoms with van der Waals surface area (Å²) in [6.45, 7) is 5.57. The zero-order chi connectivity index (χ0) is 20.3. The van der Waals surface area contributed by atoms with E-state index in [9.17, 15) is 8.42 Å². The lowest BCUT2D eigenvalue weighted by atomic mass is 9.98. The standard InChI is InChI=1S/C21H24N4O2S2/c1-2-12-25-13-11-18(14-25)16-3-7-19(8-4-16)23-29(26,27)20-9-5-17(6-10-20)21-15-28-24-22-21/h3-10,15,18,23H,2,11-14H2,1H3. The van der Waals surface area contributed by atoms with Crippen molar-refractivity contribution in [3.63, 3.8) is 0 Å². The lowest BCUT2D eigenvalue weighted by Gasteiger charge is -2.15. The van der Waals surface area contributed by atoms with Gasteiger partial charge < -0.3 is 4.90 Å². The maximum Gasteiger partial charge on any atom is 0.261 e. The van der Waals surface area contributed by atoms with Gasteiger partial charge in [-0.1, -0.05) is 35.7 Å². The molecule has 0 radical (unpaired) electrons. The highest BCUT2D eigenvalue weighted by atomic mass is 32.2. The average molecular weight is 429 g/mol. The Balaban J connectivity index is 1.43. The van der Waals surface area contributed by atoms with Gasteiger partial charge >= 0.3 is 0 Å². The second-order valence-electron chi connectivity index (χ2n) is 7.33. The monoisotopic (exact) mass is 428 g/mol. The van der Waals surface area contributed by atoms with E-state index in [2.05, 4.69) is 26.1 Å². The molecule has 152 valence electrons. The van der Waals surface area contributed by atoms with Gasteiger partial charge in [-0.2, -0.15) is 0 Å². The van der Waals surface area contributed by atoms with Crippen molar-refractivity contribution < 1.29 is 8.42 Å². The Kier molecular flexibility index (Phi) is 5.94. The number of hydrogen-bond acceptors (Lipinski definition) is 6. The van der Waals surface area contributed by atoms with Crippen molar-refractivity contribution in [3.05, 3.63) is 59.5 Å². The number of sulfonamides is 1. The molecule has 0 aliphatic carbocycles. The Morgan fingerprint density at radius 3 is 2.55 bits per heavy atom. The molecule has 1 atom stereocenters. The van der Waals surface area contributed by atoms with Crippen molar-refractivity contribution in [3.8, 4) is 11.3 Å². The van der Waals surface area contributed by atoms with Gasteiger partial charge in [0.1, 0.15) is 5.69 Å². The van der Waals surface area contributed by atoms with Crippen LogP contribution in [0.1, 0.15) is 31.2 Å². The van der Waals surface area contributed by atoms with Gasteiger partial charge in [-0.15, -0.1) is 5.10 Å². The normalized spacial score (nSPS) is 17.5. The van der Waals surface area contributed by atoms with Gasteiger partial charge in [0.25, 0.3) is 10.0 Å². The fourth-order valence-corrected chi connectivity index (χ4v) is 5.28. The lowest BCUT2D eigenvalue weighted by Crippen LogP contribution is -2.20. The van der Waals surface area contributed by atoms with Crippen LogP contribution in [-0.4, -0.2) is 42.5 Å². The van der Waals surface area contributed by atoms with E-state index in [1.807, 2.05) is 29.6 Å². The van der Waals surface area contributed by atoms with E-state index in [0.717, 1.165) is 37.3 Å². The van der Waals surface area contributed by atoms with Crippen LogP contribution in [0.25, 0.3) is 11.3 Å². The Morgan fingerprint density at radius 1 is 1.14 bits per heavy atom. The van der Waals surface area contributed by atoms with Gasteiger partial charge in [0.15, 0.2) is 0 Å². The molecule has 2 heterocycles. The summed E-state index contributed by atoms with van der Waals surface area (Å²) in [7, 11) is -3.64. The molecule has 3 aromatic rings. The van der Waals surface area contributed by atoms with Crippen molar-refractivity contribution in [1.82, 2.24) is 14.5 Å². The molecule has 8 heteroatoms. The fourth-order valence-electron chi connectivity index (χ4n) is 3.76. The van der Waals surface area contributed by atoms with Gasteiger partial charge in [0.2, 0.25) is 0 Å². The van der Waals surface area contributed by atoms with Gasteiger partial charge in [-0.25, -0.2) is 8.42 Å². The highest BCUT2D eigenvalue weighted by molar-refractivity contribution is 7.92. The summed E-state index contributed by atoms with van der Waals surface area (Å²) >= 11 is 1.26. The maximum absolute atomic E-state index is 12.7. The number of anilines is 1. The molecule has 1 aromatic heterocycles. The van der Waals surface area contributed by atoms with Crippen LogP contribution in [0.2, 0.25) is 0 Å². The molecule has 29 heavy (non-hydrogen) atoms. The minimum absolute atomic E-state index is 0.222. The van der Waals surface area contributed by atoms with E-state index >= 15 is 0 Å². The molecule has 1 aliphatic rings. The molecule has 1 fully saturated rings. The number of hydrogen-bond donors (Lipinski definition) is 1. The van der Waals surface area contributed by atoms with Crippen LogP contribution >= 0.6 is 11.5 Å². The van der Waals surface area contributed by atoms with E-state index in [1.54, 1.807) is 24.3 Å². The van der Waals surface area contributed by atoms with Gasteiger partial charge in [0, 0.05) is 23.2 Å². The molecule has 4 rings (SSSR count). The van der Waals surface area contributed by atoms with Crippen LogP contribution in [0.5, 0.6) is 0 Å². The summed E-state index contributed by atoms with van der Waals surface area (Å²) < 4.78 is 31.9. The Hall–Kier alpha value is -2.29. The van der Waals surface area contributed by atoms with Crippen molar-refractivity contribution in [1.29, 1.82) is 0 Å². The summed E-state index contributed by atoms with van der Waals surface area (Å²) in [5.74, 6) is 0.528. The molecule has 2 aromatic carbocycles. The van der Waals surface area contributed by atoms with Crippen molar-refractivity contribution >= 4 is 27.2 Å². The molecule has 1 unspecified atom stereocenters. The smallest absolute Gasteiger partial charge is 0.261 e. The molecule has 0 amide bonds. The first-order valence-electron chi connectivity index (χ1n) is 9.78. The van der Waals surface area contributed by atoms with Crippen LogP contribution in [0.3, 0.4) is 0 Å². The van der Waals surface area contributed by atoms with Gasteiger partial charge in [-0.05, 0) is 73.2 Å². The van der Waals surface area contributed by atoms with E-state index in [0.29, 0.717) is 11.6 Å². The Labute approximate surface area is 175 Å². The minimum atomic E-state index is -3.64. The van der Waals surface area contributed by atoms with Crippen LogP contribution in [-0.2, 0) is 10.0 Å². The van der Waals surface area contributed by atoms with Crippen molar-refractivity contribution in [2.75, 3.05) is 24.4 Å². The molecular weight excluding hydrogens is 404 g/mol. The first-order chi connectivity index (χ1) is 14.0. The summed E-state index contributed by atoms with van der Waals surface area (Å²) in [6.07, 6.45) is 2.33. The molecule has 1 saturated heterocycles. The number of benzene rings is 2. The van der Waals surface area contributed by atoms with Crippen LogP contribution in [0, 0.1) is 0 Å². The molecule has 6 nitrogen and oxygen atoms in total. The topological polar surface area (TPSA) is 75.2 Å². The predicted octanol–water partition coefficient (Wildman–Crippen LogP) is 4.21. The Bertz CT molecular complexity index is 1030.